The molecule has 1 saturated carbocycles. The molecular formula is C22H27N5O2S2. The van der Waals surface area contributed by atoms with Gasteiger partial charge in [-0.2, -0.15) is 0 Å². The van der Waals surface area contributed by atoms with Gasteiger partial charge in [-0.25, -0.2) is 0 Å². The summed E-state index contributed by atoms with van der Waals surface area (Å²) in [6.07, 6.45) is 8.10. The van der Waals surface area contributed by atoms with E-state index in [-0.39, 0.29) is 11.8 Å². The quantitative estimate of drug-likeness (QED) is 0.509. The van der Waals surface area contributed by atoms with E-state index in [1.54, 1.807) is 6.08 Å². The molecule has 1 saturated heterocycles. The molecule has 2 amide bonds. The van der Waals surface area contributed by atoms with Gasteiger partial charge in [-0.3, -0.25) is 9.59 Å². The van der Waals surface area contributed by atoms with Crippen molar-refractivity contribution in [3.8, 4) is 0 Å². The number of thioether (sulfide) groups is 1. The zero-order valence-corrected chi connectivity index (χ0v) is 19.0. The first kappa shape index (κ1) is 21.8. The number of carbonyl (C=O) groups excluding carboxylic acids is 2. The lowest BCUT2D eigenvalue weighted by Crippen LogP contribution is -2.48. The first-order valence-electron chi connectivity index (χ1n) is 10.7. The maximum Gasteiger partial charge on any atom is 0.246 e. The zero-order valence-electron chi connectivity index (χ0n) is 17.4. The Labute approximate surface area is 190 Å². The highest BCUT2D eigenvalue weighted by molar-refractivity contribution is 8.01. The minimum atomic E-state index is 0.0327. The average Bonchev–Trinajstić information content (AvgIpc) is 3.49. The Bertz CT molecular complexity index is 904. The second-order valence-corrected chi connectivity index (χ2v) is 9.92. The minimum absolute atomic E-state index is 0.0327. The largest absolute Gasteiger partial charge is 0.353 e. The highest BCUT2D eigenvalue weighted by Gasteiger charge is 2.23. The fourth-order valence-electron chi connectivity index (χ4n) is 3.81. The van der Waals surface area contributed by atoms with Crippen molar-refractivity contribution in [3.63, 3.8) is 0 Å². The molecule has 1 aliphatic carbocycles. The number of hydrogen-bond acceptors (Lipinski definition) is 7. The predicted octanol–water partition coefficient (Wildman–Crippen LogP) is 3.05. The molecule has 2 fully saturated rings. The molecule has 0 atom stereocenters. The van der Waals surface area contributed by atoms with Crippen molar-refractivity contribution < 1.29 is 9.59 Å². The summed E-state index contributed by atoms with van der Waals surface area (Å²) in [5.41, 5.74) is 1.02. The fourth-order valence-corrected chi connectivity index (χ4v) is 5.51. The van der Waals surface area contributed by atoms with Crippen LogP contribution in [-0.2, 0) is 9.59 Å². The number of carbonyl (C=O) groups is 2. The van der Waals surface area contributed by atoms with Crippen molar-refractivity contribution in [2.45, 2.75) is 36.1 Å². The van der Waals surface area contributed by atoms with Crippen molar-refractivity contribution >= 4 is 46.1 Å². The number of aromatic nitrogens is 2. The molecule has 2 aliphatic rings. The number of anilines is 1. The normalized spacial score (nSPS) is 17.4. The monoisotopic (exact) mass is 457 g/mol. The molecule has 1 aliphatic heterocycles. The summed E-state index contributed by atoms with van der Waals surface area (Å²) < 4.78 is 0.806. The molecule has 1 N–H and O–H groups in total. The molecule has 164 valence electrons. The Kier molecular flexibility index (Phi) is 7.58. The van der Waals surface area contributed by atoms with E-state index < -0.39 is 0 Å². The molecule has 0 radical (unpaired) electrons. The minimum Gasteiger partial charge on any atom is -0.353 e. The Morgan fingerprint density at radius 2 is 1.84 bits per heavy atom. The second-order valence-electron chi connectivity index (χ2n) is 7.74. The molecule has 0 bridgehead atoms. The third kappa shape index (κ3) is 6.30. The van der Waals surface area contributed by atoms with Gasteiger partial charge in [-0.15, -0.1) is 10.2 Å². The number of benzene rings is 1. The number of rotatable bonds is 7. The molecule has 0 spiro atoms. The van der Waals surface area contributed by atoms with Gasteiger partial charge in [0, 0.05) is 38.3 Å². The molecule has 2 heterocycles. The average molecular weight is 458 g/mol. The van der Waals surface area contributed by atoms with E-state index in [1.807, 2.05) is 41.3 Å². The molecular weight excluding hydrogens is 430 g/mol. The van der Waals surface area contributed by atoms with Crippen LogP contribution in [0.3, 0.4) is 0 Å². The Hall–Kier alpha value is -2.39. The van der Waals surface area contributed by atoms with Gasteiger partial charge in [0.2, 0.25) is 16.9 Å². The third-order valence-corrected chi connectivity index (χ3v) is 7.64. The number of piperazine rings is 1. The van der Waals surface area contributed by atoms with E-state index in [4.69, 9.17) is 0 Å². The molecule has 2 aromatic rings. The number of amides is 2. The zero-order chi connectivity index (χ0) is 21.5. The van der Waals surface area contributed by atoms with Gasteiger partial charge >= 0.3 is 0 Å². The third-order valence-electron chi connectivity index (χ3n) is 5.52. The molecule has 1 aromatic heterocycles. The molecule has 0 unspecified atom stereocenters. The van der Waals surface area contributed by atoms with Crippen LogP contribution < -0.4 is 10.2 Å². The molecule has 4 rings (SSSR count). The van der Waals surface area contributed by atoms with Crippen molar-refractivity contribution in [1.82, 2.24) is 20.4 Å². The van der Waals surface area contributed by atoms with E-state index in [2.05, 4.69) is 20.4 Å². The van der Waals surface area contributed by atoms with Gasteiger partial charge in [0.25, 0.3) is 0 Å². The highest BCUT2D eigenvalue weighted by Crippen LogP contribution is 2.28. The Morgan fingerprint density at radius 3 is 2.58 bits per heavy atom. The van der Waals surface area contributed by atoms with Crippen molar-refractivity contribution in [2.75, 3.05) is 36.8 Å². The summed E-state index contributed by atoms with van der Waals surface area (Å²) in [6, 6.07) is 10.2. The summed E-state index contributed by atoms with van der Waals surface area (Å²) >= 11 is 2.95. The van der Waals surface area contributed by atoms with Gasteiger partial charge < -0.3 is 15.1 Å². The number of hydrogen-bond donors (Lipinski definition) is 1. The van der Waals surface area contributed by atoms with Gasteiger partial charge in [0.15, 0.2) is 4.34 Å². The molecule has 7 nitrogen and oxygen atoms in total. The van der Waals surface area contributed by atoms with Crippen LogP contribution in [0.25, 0.3) is 6.08 Å². The topological polar surface area (TPSA) is 78.4 Å². The Balaban J connectivity index is 1.21. The predicted molar refractivity (Wildman–Crippen MR) is 125 cm³/mol. The SMILES string of the molecule is O=C(CSc1nnc(N2CCN(C(=O)/C=C/c3ccccc3)CC2)s1)NC1CCCC1. The van der Waals surface area contributed by atoms with Crippen molar-refractivity contribution in [1.29, 1.82) is 0 Å². The molecule has 31 heavy (non-hydrogen) atoms. The summed E-state index contributed by atoms with van der Waals surface area (Å²) in [6.45, 7) is 2.77. The summed E-state index contributed by atoms with van der Waals surface area (Å²) in [4.78, 5) is 28.6. The summed E-state index contributed by atoms with van der Waals surface area (Å²) in [5, 5.41) is 12.5. The standard InChI is InChI=1S/C22H27N5O2S2/c28-19(23-18-8-4-5-9-18)16-30-22-25-24-21(31-22)27-14-12-26(13-15-27)20(29)11-10-17-6-2-1-3-7-17/h1-3,6-7,10-11,18H,4-5,8-9,12-16H2,(H,23,28)/b11-10+. The second kappa shape index (κ2) is 10.8. The van der Waals surface area contributed by atoms with Crippen LogP contribution in [-0.4, -0.2) is 64.9 Å². The fraction of sp³-hybridized carbons (Fsp3) is 0.455. The van der Waals surface area contributed by atoms with Crippen LogP contribution in [0.15, 0.2) is 40.7 Å². The van der Waals surface area contributed by atoms with E-state index in [9.17, 15) is 9.59 Å². The number of nitrogens with zero attached hydrogens (tertiary/aromatic N) is 4. The first-order chi connectivity index (χ1) is 15.2. The van der Waals surface area contributed by atoms with Crippen LogP contribution in [0.2, 0.25) is 0 Å². The van der Waals surface area contributed by atoms with Gasteiger partial charge in [-0.1, -0.05) is 66.3 Å². The van der Waals surface area contributed by atoms with Crippen LogP contribution in [0.5, 0.6) is 0 Å². The van der Waals surface area contributed by atoms with E-state index in [0.717, 1.165) is 41.0 Å². The van der Waals surface area contributed by atoms with Gasteiger partial charge in [-0.05, 0) is 24.5 Å². The van der Waals surface area contributed by atoms with E-state index in [1.165, 1.54) is 35.9 Å². The maximum absolute atomic E-state index is 12.4. The van der Waals surface area contributed by atoms with Crippen molar-refractivity contribution in [3.05, 3.63) is 42.0 Å². The lowest BCUT2D eigenvalue weighted by atomic mass is 10.2. The Morgan fingerprint density at radius 1 is 1.10 bits per heavy atom. The number of nitrogens with one attached hydrogen (secondary N) is 1. The lowest BCUT2D eigenvalue weighted by Gasteiger charge is -2.33. The summed E-state index contributed by atoms with van der Waals surface area (Å²) in [5.74, 6) is 0.482. The molecule has 1 aromatic carbocycles. The highest BCUT2D eigenvalue weighted by atomic mass is 32.2. The smallest absolute Gasteiger partial charge is 0.246 e. The van der Waals surface area contributed by atoms with Crippen LogP contribution in [0.4, 0.5) is 5.13 Å². The van der Waals surface area contributed by atoms with Crippen molar-refractivity contribution in [2.24, 2.45) is 0 Å². The van der Waals surface area contributed by atoms with E-state index >= 15 is 0 Å². The van der Waals surface area contributed by atoms with Gasteiger partial charge in [0.05, 0.1) is 5.75 Å². The lowest BCUT2D eigenvalue weighted by molar-refractivity contribution is -0.126. The summed E-state index contributed by atoms with van der Waals surface area (Å²) in [7, 11) is 0. The maximum atomic E-state index is 12.4. The molecule has 9 heteroatoms. The first-order valence-corrected chi connectivity index (χ1v) is 12.5. The van der Waals surface area contributed by atoms with Gasteiger partial charge in [0.1, 0.15) is 0 Å². The van der Waals surface area contributed by atoms with Crippen LogP contribution in [0, 0.1) is 0 Å². The van der Waals surface area contributed by atoms with Crippen LogP contribution >= 0.6 is 23.1 Å². The van der Waals surface area contributed by atoms with E-state index in [0.29, 0.717) is 24.9 Å². The van der Waals surface area contributed by atoms with Crippen LogP contribution in [0.1, 0.15) is 31.2 Å².